The fraction of sp³-hybridized carbons (Fsp3) is 0.222. The minimum Gasteiger partial charge on any atom is -0.497 e. The van der Waals surface area contributed by atoms with Crippen LogP contribution in [0.2, 0.25) is 0 Å². The number of methoxy groups -OCH3 is 1. The van der Waals surface area contributed by atoms with Crippen LogP contribution in [0.25, 0.3) is 0 Å². The van der Waals surface area contributed by atoms with Gasteiger partial charge in [-0.2, -0.15) is 0 Å². The number of carbonyl (C=O) groups is 2. The Bertz CT molecular complexity index is 942. The Balaban J connectivity index is 2.06. The van der Waals surface area contributed by atoms with Crippen molar-refractivity contribution >= 4 is 27.6 Å². The summed E-state index contributed by atoms with van der Waals surface area (Å²) in [6.45, 7) is 1.42. The van der Waals surface area contributed by atoms with Crippen molar-refractivity contribution in [2.24, 2.45) is 0 Å². The average molecular weight is 392 g/mol. The van der Waals surface area contributed by atoms with Crippen molar-refractivity contribution in [3.63, 3.8) is 0 Å². The normalized spacial score (nSPS) is 12.1. The molecule has 0 saturated heterocycles. The largest absolute Gasteiger partial charge is 0.497 e. The van der Waals surface area contributed by atoms with E-state index in [0.717, 1.165) is 0 Å². The molecule has 27 heavy (non-hydrogen) atoms. The summed E-state index contributed by atoms with van der Waals surface area (Å²) in [5, 5.41) is 2.62. The summed E-state index contributed by atoms with van der Waals surface area (Å²) in [5.74, 6) is -0.771. The standard InChI is InChI=1S/C18H20N2O6S/c1-12(17(21)20-14-7-5-8-15(11-14)25-3)26-18(22)13-6-4-9-16(10-13)27(23,24)19-2/h4-12,19H,1-3H3,(H,20,21)/t12-/m0/s1. The third-order valence-corrected chi connectivity index (χ3v) is 5.05. The predicted molar refractivity (Wildman–Crippen MR) is 99.2 cm³/mol. The molecular weight excluding hydrogens is 372 g/mol. The van der Waals surface area contributed by atoms with Gasteiger partial charge in [0.15, 0.2) is 6.10 Å². The maximum Gasteiger partial charge on any atom is 0.338 e. The Morgan fingerprint density at radius 2 is 1.78 bits per heavy atom. The summed E-state index contributed by atoms with van der Waals surface area (Å²) >= 11 is 0. The summed E-state index contributed by atoms with van der Waals surface area (Å²) in [7, 11) is -0.918. The van der Waals surface area contributed by atoms with Crippen molar-refractivity contribution in [3.05, 3.63) is 54.1 Å². The topological polar surface area (TPSA) is 111 Å². The lowest BCUT2D eigenvalue weighted by Crippen LogP contribution is -2.30. The molecule has 0 saturated carbocycles. The molecule has 0 fully saturated rings. The Labute approximate surface area is 157 Å². The smallest absolute Gasteiger partial charge is 0.338 e. The molecule has 8 nitrogen and oxygen atoms in total. The SMILES string of the molecule is CNS(=O)(=O)c1cccc(C(=O)O[C@@H](C)C(=O)Nc2cccc(OC)c2)c1. The molecule has 0 heterocycles. The third kappa shape index (κ3) is 5.28. The first-order valence-electron chi connectivity index (χ1n) is 7.96. The monoisotopic (exact) mass is 392 g/mol. The van der Waals surface area contributed by atoms with E-state index < -0.39 is 28.0 Å². The summed E-state index contributed by atoms with van der Waals surface area (Å²) in [6.07, 6.45) is -1.09. The Morgan fingerprint density at radius 1 is 1.07 bits per heavy atom. The summed E-state index contributed by atoms with van der Waals surface area (Å²) in [5.41, 5.74) is 0.511. The molecule has 0 aliphatic carbocycles. The number of hydrogen-bond acceptors (Lipinski definition) is 6. The van der Waals surface area contributed by atoms with Gasteiger partial charge < -0.3 is 14.8 Å². The molecule has 2 N–H and O–H groups in total. The third-order valence-electron chi connectivity index (χ3n) is 3.64. The van der Waals surface area contributed by atoms with Crippen LogP contribution in [0.4, 0.5) is 5.69 Å². The minimum atomic E-state index is -3.70. The summed E-state index contributed by atoms with van der Waals surface area (Å²) < 4.78 is 36.0. The van der Waals surface area contributed by atoms with Gasteiger partial charge in [-0.3, -0.25) is 4.79 Å². The Kier molecular flexibility index (Phi) is 6.54. The van der Waals surface area contributed by atoms with Gasteiger partial charge in [0.25, 0.3) is 5.91 Å². The second kappa shape index (κ2) is 8.65. The lowest BCUT2D eigenvalue weighted by Gasteiger charge is -2.14. The molecule has 2 rings (SSSR count). The fourth-order valence-corrected chi connectivity index (χ4v) is 2.91. The minimum absolute atomic E-state index is 0.0207. The van der Waals surface area contributed by atoms with Crippen LogP contribution >= 0.6 is 0 Å². The van der Waals surface area contributed by atoms with Crippen LogP contribution in [0, 0.1) is 0 Å². The molecular formula is C18H20N2O6S. The number of amides is 1. The van der Waals surface area contributed by atoms with Crippen LogP contribution in [0.3, 0.4) is 0 Å². The highest BCUT2D eigenvalue weighted by Gasteiger charge is 2.21. The van der Waals surface area contributed by atoms with Gasteiger partial charge in [-0.1, -0.05) is 12.1 Å². The van der Waals surface area contributed by atoms with Crippen molar-refractivity contribution in [2.75, 3.05) is 19.5 Å². The average Bonchev–Trinajstić information content (AvgIpc) is 2.68. The first kappa shape index (κ1) is 20.4. The summed E-state index contributed by atoms with van der Waals surface area (Å²) in [6, 6.07) is 12.1. The fourth-order valence-electron chi connectivity index (χ4n) is 2.13. The molecule has 144 valence electrons. The number of hydrogen-bond donors (Lipinski definition) is 2. The number of anilines is 1. The lowest BCUT2D eigenvalue weighted by molar-refractivity contribution is -0.123. The molecule has 0 spiro atoms. The molecule has 0 aliphatic rings. The maximum absolute atomic E-state index is 12.2. The van der Waals surface area contributed by atoms with Gasteiger partial charge in [0, 0.05) is 11.8 Å². The number of rotatable bonds is 7. The molecule has 0 aromatic heterocycles. The first-order valence-corrected chi connectivity index (χ1v) is 9.44. The van der Waals surface area contributed by atoms with Crippen molar-refractivity contribution < 1.29 is 27.5 Å². The highest BCUT2D eigenvalue weighted by atomic mass is 32.2. The van der Waals surface area contributed by atoms with Gasteiger partial charge in [0.1, 0.15) is 5.75 Å². The zero-order valence-corrected chi connectivity index (χ0v) is 15.9. The number of ether oxygens (including phenoxy) is 2. The second-order valence-corrected chi connectivity index (χ2v) is 7.39. The Morgan fingerprint density at radius 3 is 2.44 bits per heavy atom. The van der Waals surface area contributed by atoms with E-state index in [-0.39, 0.29) is 10.5 Å². The van der Waals surface area contributed by atoms with Crippen molar-refractivity contribution in [1.82, 2.24) is 4.72 Å². The Hall–Kier alpha value is -2.91. The predicted octanol–water partition coefficient (Wildman–Crippen LogP) is 1.79. The van der Waals surface area contributed by atoms with Gasteiger partial charge >= 0.3 is 5.97 Å². The molecule has 9 heteroatoms. The molecule has 1 atom stereocenters. The van der Waals surface area contributed by atoms with E-state index >= 15 is 0 Å². The second-order valence-electron chi connectivity index (χ2n) is 5.50. The zero-order chi connectivity index (χ0) is 20.0. The number of carbonyl (C=O) groups excluding carboxylic acids is 2. The van der Waals surface area contributed by atoms with Gasteiger partial charge in [0.2, 0.25) is 10.0 Å². The van der Waals surface area contributed by atoms with Crippen LogP contribution in [-0.2, 0) is 19.6 Å². The molecule has 2 aromatic carbocycles. The van der Waals surface area contributed by atoms with Gasteiger partial charge in [-0.25, -0.2) is 17.9 Å². The van der Waals surface area contributed by atoms with Crippen LogP contribution in [0.5, 0.6) is 5.75 Å². The number of benzene rings is 2. The van der Waals surface area contributed by atoms with Gasteiger partial charge in [-0.15, -0.1) is 0 Å². The molecule has 0 aliphatic heterocycles. The highest BCUT2D eigenvalue weighted by Crippen LogP contribution is 2.17. The van der Waals surface area contributed by atoms with Gasteiger partial charge in [-0.05, 0) is 44.3 Å². The van der Waals surface area contributed by atoms with Crippen molar-refractivity contribution in [2.45, 2.75) is 17.9 Å². The van der Waals surface area contributed by atoms with E-state index in [4.69, 9.17) is 9.47 Å². The van der Waals surface area contributed by atoms with E-state index in [1.807, 2.05) is 0 Å². The number of nitrogens with one attached hydrogen (secondary N) is 2. The maximum atomic E-state index is 12.2. The number of sulfonamides is 1. The molecule has 0 unspecified atom stereocenters. The van der Waals surface area contributed by atoms with E-state index in [1.165, 1.54) is 45.3 Å². The molecule has 0 bridgehead atoms. The van der Waals surface area contributed by atoms with Crippen LogP contribution in [0.1, 0.15) is 17.3 Å². The van der Waals surface area contributed by atoms with Crippen molar-refractivity contribution in [1.29, 1.82) is 0 Å². The number of esters is 1. The van der Waals surface area contributed by atoms with Crippen LogP contribution in [0.15, 0.2) is 53.4 Å². The first-order chi connectivity index (χ1) is 12.8. The lowest BCUT2D eigenvalue weighted by atomic mass is 10.2. The van der Waals surface area contributed by atoms with Crippen molar-refractivity contribution in [3.8, 4) is 5.75 Å². The molecule has 0 radical (unpaired) electrons. The summed E-state index contributed by atoms with van der Waals surface area (Å²) in [4.78, 5) is 24.4. The van der Waals surface area contributed by atoms with Crippen LogP contribution < -0.4 is 14.8 Å². The van der Waals surface area contributed by atoms with E-state index in [9.17, 15) is 18.0 Å². The highest BCUT2D eigenvalue weighted by molar-refractivity contribution is 7.89. The van der Waals surface area contributed by atoms with Gasteiger partial charge in [0.05, 0.1) is 17.6 Å². The van der Waals surface area contributed by atoms with E-state index in [0.29, 0.717) is 11.4 Å². The quantitative estimate of drug-likeness (QED) is 0.695. The van der Waals surface area contributed by atoms with E-state index in [2.05, 4.69) is 10.0 Å². The van der Waals surface area contributed by atoms with Crippen LogP contribution in [-0.4, -0.2) is 40.6 Å². The molecule has 2 aromatic rings. The zero-order valence-electron chi connectivity index (χ0n) is 15.1. The molecule has 1 amide bonds. The van der Waals surface area contributed by atoms with E-state index in [1.54, 1.807) is 24.3 Å².